The summed E-state index contributed by atoms with van der Waals surface area (Å²) in [4.78, 5) is 0. The monoisotopic (exact) mass is 236 g/mol. The Labute approximate surface area is 95.1 Å². The lowest BCUT2D eigenvalue weighted by atomic mass is 10.2. The Hall–Kier alpha value is 0.0169. The Morgan fingerprint density at radius 3 is 2.13 bits per heavy atom. The van der Waals surface area contributed by atoms with Crippen LogP contribution in [0.4, 0.5) is 0 Å². The molecule has 0 saturated heterocycles. The second-order valence-corrected chi connectivity index (χ2v) is 4.38. The molecule has 3 N–H and O–H groups in total. The van der Waals surface area contributed by atoms with Crippen LogP contribution < -0.4 is 11.1 Å². The van der Waals surface area contributed by atoms with Gasteiger partial charge in [0.25, 0.3) is 5.91 Å². The second-order valence-electron chi connectivity index (χ2n) is 3.57. The first kappa shape index (κ1) is 15.0. The van der Waals surface area contributed by atoms with E-state index in [0.717, 1.165) is 16.3 Å². The van der Waals surface area contributed by atoms with Crippen LogP contribution in [0.15, 0.2) is 0 Å². The smallest absolute Gasteiger partial charge is 0.254 e. The van der Waals surface area contributed by atoms with Gasteiger partial charge in [0.05, 0.1) is 0 Å². The van der Waals surface area contributed by atoms with E-state index in [4.69, 9.17) is 19.9 Å². The van der Waals surface area contributed by atoms with Crippen LogP contribution in [0.1, 0.15) is 6.92 Å². The van der Waals surface area contributed by atoms with Crippen LogP contribution in [0.25, 0.3) is 0 Å². The van der Waals surface area contributed by atoms with Crippen molar-refractivity contribution in [2.75, 3.05) is 27.9 Å². The van der Waals surface area contributed by atoms with E-state index in [1.807, 2.05) is 6.92 Å². The molecule has 0 fully saturated rings. The molecule has 0 aliphatic heterocycles. The molecule has 0 spiro atoms. The first-order chi connectivity index (χ1) is 7.06. The number of hydrogen-bond donors (Lipinski definition) is 2. The maximum atomic E-state index is 5.69. The third kappa shape index (κ3) is 4.18. The van der Waals surface area contributed by atoms with Crippen molar-refractivity contribution in [3.05, 3.63) is 0 Å². The van der Waals surface area contributed by atoms with E-state index in [0.29, 0.717) is 6.54 Å². The molecule has 15 heavy (non-hydrogen) atoms. The van der Waals surface area contributed by atoms with E-state index < -0.39 is 5.91 Å². The number of hydrogen-bond acceptors (Lipinski definition) is 5. The van der Waals surface area contributed by atoms with Crippen molar-refractivity contribution in [3.8, 4) is 0 Å². The highest BCUT2D eigenvalue weighted by molar-refractivity contribution is 6.08. The lowest BCUT2D eigenvalue weighted by molar-refractivity contribution is -0.278. The zero-order valence-electron chi connectivity index (χ0n) is 10.4. The Kier molecular flexibility index (Phi) is 7.32. The molecule has 0 saturated carbocycles. The summed E-state index contributed by atoms with van der Waals surface area (Å²) in [5, 5.41) is 3.16. The molecule has 2 unspecified atom stereocenters. The summed E-state index contributed by atoms with van der Waals surface area (Å²) >= 11 is 0. The summed E-state index contributed by atoms with van der Waals surface area (Å²) in [6.45, 7) is 2.54. The van der Waals surface area contributed by atoms with Crippen molar-refractivity contribution in [2.24, 2.45) is 5.73 Å². The highest BCUT2D eigenvalue weighted by Crippen LogP contribution is 2.18. The highest BCUT2D eigenvalue weighted by atomic mass is 28.1. The van der Waals surface area contributed by atoms with Gasteiger partial charge < -0.3 is 19.9 Å². The van der Waals surface area contributed by atoms with Crippen molar-refractivity contribution in [2.45, 2.75) is 31.0 Å². The number of nitrogens with one attached hydrogen (secondary N) is 1. The van der Waals surface area contributed by atoms with Gasteiger partial charge >= 0.3 is 0 Å². The van der Waals surface area contributed by atoms with Gasteiger partial charge in [-0.3, -0.25) is 5.32 Å². The van der Waals surface area contributed by atoms with Gasteiger partial charge in [-0.15, -0.1) is 0 Å². The molecule has 0 amide bonds. The summed E-state index contributed by atoms with van der Waals surface area (Å²) in [5.41, 5.74) is 5.69. The van der Waals surface area contributed by atoms with Crippen LogP contribution in [0, 0.1) is 0 Å². The van der Waals surface area contributed by atoms with Gasteiger partial charge in [0.1, 0.15) is 6.10 Å². The third-order valence-electron chi connectivity index (χ3n) is 2.36. The van der Waals surface area contributed by atoms with Crippen LogP contribution in [-0.2, 0) is 14.2 Å². The Morgan fingerprint density at radius 1 is 1.33 bits per heavy atom. The SMILES string of the molecule is COC(C[SiH3])C(NCC(C)N)(OC)OC. The molecule has 0 aromatic carbocycles. The first-order valence-corrected chi connectivity index (χ1v) is 6.61. The molecule has 0 rings (SSSR count). The molecular weight excluding hydrogens is 212 g/mol. The molecule has 6 heteroatoms. The molecule has 0 aliphatic carbocycles. The Bertz CT molecular complexity index is 161. The predicted octanol–water partition coefficient (Wildman–Crippen LogP) is -1.33. The van der Waals surface area contributed by atoms with E-state index >= 15 is 0 Å². The van der Waals surface area contributed by atoms with Crippen molar-refractivity contribution in [1.82, 2.24) is 5.32 Å². The zero-order chi connectivity index (χ0) is 11.9. The lowest BCUT2D eigenvalue weighted by Crippen LogP contribution is -2.60. The van der Waals surface area contributed by atoms with Crippen molar-refractivity contribution in [1.29, 1.82) is 0 Å². The summed E-state index contributed by atoms with van der Waals surface area (Å²) in [7, 11) is 5.87. The van der Waals surface area contributed by atoms with Gasteiger partial charge in [-0.1, -0.05) is 0 Å². The number of ether oxygens (including phenoxy) is 3. The topological polar surface area (TPSA) is 65.7 Å². The fourth-order valence-electron chi connectivity index (χ4n) is 1.50. The minimum atomic E-state index is -0.885. The second kappa shape index (κ2) is 7.32. The average Bonchev–Trinajstić information content (AvgIpc) is 2.24. The zero-order valence-corrected chi connectivity index (χ0v) is 12.4. The third-order valence-corrected chi connectivity index (χ3v) is 3.10. The van der Waals surface area contributed by atoms with Crippen molar-refractivity contribution in [3.63, 3.8) is 0 Å². The Morgan fingerprint density at radius 2 is 1.87 bits per heavy atom. The van der Waals surface area contributed by atoms with Crippen LogP contribution in [0.2, 0.25) is 6.04 Å². The first-order valence-electron chi connectivity index (χ1n) is 5.20. The highest BCUT2D eigenvalue weighted by Gasteiger charge is 2.38. The predicted molar refractivity (Wildman–Crippen MR) is 63.9 cm³/mol. The fraction of sp³-hybridized carbons (Fsp3) is 1.00. The molecule has 0 bridgehead atoms. The van der Waals surface area contributed by atoms with E-state index in [1.165, 1.54) is 0 Å². The lowest BCUT2D eigenvalue weighted by Gasteiger charge is -2.37. The maximum Gasteiger partial charge on any atom is 0.254 e. The van der Waals surface area contributed by atoms with E-state index in [9.17, 15) is 0 Å². The van der Waals surface area contributed by atoms with Crippen molar-refractivity contribution < 1.29 is 14.2 Å². The number of nitrogens with two attached hydrogens (primary N) is 1. The van der Waals surface area contributed by atoms with Crippen LogP contribution in [0.5, 0.6) is 0 Å². The molecule has 0 aliphatic rings. The van der Waals surface area contributed by atoms with Gasteiger partial charge in [-0.05, 0) is 13.0 Å². The van der Waals surface area contributed by atoms with E-state index in [-0.39, 0.29) is 12.1 Å². The molecule has 5 nitrogen and oxygen atoms in total. The molecule has 0 heterocycles. The summed E-state index contributed by atoms with van der Waals surface area (Å²) in [6, 6.07) is 0.964. The van der Waals surface area contributed by atoms with Crippen molar-refractivity contribution >= 4 is 10.2 Å². The minimum absolute atomic E-state index is 0.0429. The molecule has 0 aromatic heterocycles. The van der Waals surface area contributed by atoms with Gasteiger partial charge in [-0.2, -0.15) is 0 Å². The molecule has 0 radical (unpaired) electrons. The maximum absolute atomic E-state index is 5.69. The summed E-state index contributed by atoms with van der Waals surface area (Å²) in [5.74, 6) is -0.885. The molecule has 92 valence electrons. The van der Waals surface area contributed by atoms with Crippen LogP contribution in [-0.4, -0.2) is 56.2 Å². The van der Waals surface area contributed by atoms with Gasteiger partial charge in [0.15, 0.2) is 0 Å². The number of rotatable bonds is 8. The standard InChI is InChI=1S/C9H24N2O3Si/c1-7(10)5-11-9(13-3,14-4)8(6-15)12-2/h7-8,11H,5-6,10H2,1-4,15H3. The van der Waals surface area contributed by atoms with Gasteiger partial charge in [0.2, 0.25) is 0 Å². The summed E-state index contributed by atoms with van der Waals surface area (Å²) in [6.07, 6.45) is -0.113. The van der Waals surface area contributed by atoms with Gasteiger partial charge in [-0.25, -0.2) is 0 Å². The molecule has 0 aromatic rings. The van der Waals surface area contributed by atoms with E-state index in [1.54, 1.807) is 21.3 Å². The minimum Gasteiger partial charge on any atom is -0.375 e. The fourth-order valence-corrected chi connectivity index (χ4v) is 2.37. The molecular formula is C9H24N2O3Si. The van der Waals surface area contributed by atoms with Crippen LogP contribution in [0.3, 0.4) is 0 Å². The molecule has 2 atom stereocenters. The summed E-state index contributed by atoms with van der Waals surface area (Å²) < 4.78 is 16.1. The largest absolute Gasteiger partial charge is 0.375 e. The quantitative estimate of drug-likeness (QED) is 0.404. The van der Waals surface area contributed by atoms with Gasteiger partial charge in [0, 0.05) is 44.2 Å². The van der Waals surface area contributed by atoms with Crippen LogP contribution >= 0.6 is 0 Å². The van der Waals surface area contributed by atoms with E-state index in [2.05, 4.69) is 5.32 Å². The average molecular weight is 236 g/mol. The normalized spacial score (nSPS) is 16.6. The number of methoxy groups -OCH3 is 3. The Balaban J connectivity index is 4.54.